The number of nitrogens with one attached hydrogen (secondary N) is 1. The maximum absolute atomic E-state index is 12.6. The summed E-state index contributed by atoms with van der Waals surface area (Å²) in [6.07, 6.45) is 1.63. The van der Waals surface area contributed by atoms with E-state index >= 15 is 0 Å². The quantitative estimate of drug-likeness (QED) is 0.862. The van der Waals surface area contributed by atoms with E-state index < -0.39 is 10.0 Å². The largest absolute Gasteiger partial charge is 0.337 e. The van der Waals surface area contributed by atoms with Crippen LogP contribution in [0.5, 0.6) is 0 Å². The molecule has 116 valence electrons. The van der Waals surface area contributed by atoms with Crippen LogP contribution in [0.1, 0.15) is 38.0 Å². The molecule has 0 saturated heterocycles. The van der Waals surface area contributed by atoms with Crippen LogP contribution in [-0.4, -0.2) is 28.3 Å². The van der Waals surface area contributed by atoms with Gasteiger partial charge in [-0.1, -0.05) is 20.8 Å². The van der Waals surface area contributed by atoms with Crippen LogP contribution in [0.4, 0.5) is 5.95 Å². The molecule has 0 aromatic carbocycles. The summed E-state index contributed by atoms with van der Waals surface area (Å²) in [5, 5.41) is 7.87. The Kier molecular flexibility index (Phi) is 4.31. The van der Waals surface area contributed by atoms with Crippen molar-refractivity contribution in [1.29, 1.82) is 0 Å². The first-order valence-electron chi connectivity index (χ1n) is 6.83. The Bertz CT molecular complexity index is 732. The molecule has 0 bridgehead atoms. The molecule has 0 saturated carbocycles. The number of aryl methyl sites for hydroxylation is 3. The van der Waals surface area contributed by atoms with E-state index in [0.717, 1.165) is 0 Å². The minimum absolute atomic E-state index is 0.0557. The lowest BCUT2D eigenvalue weighted by atomic mass is 10.2. The van der Waals surface area contributed by atoms with E-state index in [2.05, 4.69) is 20.0 Å². The molecule has 2 rings (SSSR count). The van der Waals surface area contributed by atoms with Gasteiger partial charge in [-0.3, -0.25) is 4.68 Å². The van der Waals surface area contributed by atoms with Crippen LogP contribution < -0.4 is 4.72 Å². The van der Waals surface area contributed by atoms with Gasteiger partial charge in [-0.15, -0.1) is 0 Å². The Morgan fingerprint density at radius 3 is 2.43 bits per heavy atom. The molecule has 2 aromatic rings. The normalized spacial score (nSPS) is 11.8. The van der Waals surface area contributed by atoms with Crippen LogP contribution in [0.2, 0.25) is 0 Å². The van der Waals surface area contributed by atoms with Crippen molar-refractivity contribution >= 4 is 16.0 Å². The van der Waals surface area contributed by atoms with Gasteiger partial charge in [0.2, 0.25) is 5.89 Å². The van der Waals surface area contributed by atoms with Gasteiger partial charge in [0.1, 0.15) is 4.90 Å². The van der Waals surface area contributed by atoms with E-state index in [1.165, 1.54) is 0 Å². The van der Waals surface area contributed by atoms with Crippen LogP contribution in [0.3, 0.4) is 0 Å². The fourth-order valence-electron chi connectivity index (χ4n) is 2.14. The highest BCUT2D eigenvalue weighted by atomic mass is 32.2. The zero-order valence-corrected chi connectivity index (χ0v) is 13.4. The highest BCUT2D eigenvalue weighted by Gasteiger charge is 2.27. The minimum atomic E-state index is -3.79. The summed E-state index contributed by atoms with van der Waals surface area (Å²) in [7, 11) is -2.05. The third kappa shape index (κ3) is 2.92. The van der Waals surface area contributed by atoms with Gasteiger partial charge in [0.25, 0.3) is 16.0 Å². The second-order valence-electron chi connectivity index (χ2n) is 4.52. The number of sulfonamides is 1. The molecule has 2 heterocycles. The van der Waals surface area contributed by atoms with Gasteiger partial charge >= 0.3 is 0 Å². The molecule has 0 amide bonds. The molecule has 0 aliphatic carbocycles. The predicted molar refractivity (Wildman–Crippen MR) is 76.4 cm³/mol. The minimum Gasteiger partial charge on any atom is -0.337 e. The zero-order chi connectivity index (χ0) is 15.6. The third-order valence-electron chi connectivity index (χ3n) is 3.12. The number of anilines is 1. The summed E-state index contributed by atoms with van der Waals surface area (Å²) in [5.41, 5.74) is 1.18. The maximum Gasteiger partial charge on any atom is 0.277 e. The highest BCUT2D eigenvalue weighted by Crippen LogP contribution is 2.23. The fraction of sp³-hybridized carbons (Fsp3) is 0.583. The van der Waals surface area contributed by atoms with Crippen molar-refractivity contribution in [2.75, 3.05) is 4.72 Å². The topological polar surface area (TPSA) is 103 Å². The van der Waals surface area contributed by atoms with Gasteiger partial charge in [0.15, 0.2) is 0 Å². The molecule has 8 nitrogen and oxygen atoms in total. The Morgan fingerprint density at radius 1 is 1.19 bits per heavy atom. The van der Waals surface area contributed by atoms with Gasteiger partial charge < -0.3 is 4.52 Å². The molecule has 0 radical (unpaired) electrons. The second-order valence-corrected chi connectivity index (χ2v) is 6.14. The summed E-state index contributed by atoms with van der Waals surface area (Å²) in [5.74, 6) is 0.324. The Morgan fingerprint density at radius 2 is 1.90 bits per heavy atom. The molecule has 0 fully saturated rings. The smallest absolute Gasteiger partial charge is 0.277 e. The lowest BCUT2D eigenvalue weighted by Gasteiger charge is -2.06. The lowest BCUT2D eigenvalue weighted by molar-refractivity contribution is 0.383. The molecule has 9 heteroatoms. The Labute approximate surface area is 123 Å². The summed E-state index contributed by atoms with van der Waals surface area (Å²) < 4.78 is 34.0. The van der Waals surface area contributed by atoms with Crippen LogP contribution in [0.15, 0.2) is 9.42 Å². The standard InChI is InChI=1S/C12H19N5O3S/c1-5-8-11(9(6-2)17(4)14-8)21(18,19)16-12-13-10(7-3)20-15-12/h5-7H2,1-4H3,(H,15,16). The average molecular weight is 313 g/mol. The lowest BCUT2D eigenvalue weighted by Crippen LogP contribution is -2.17. The number of rotatable bonds is 6. The molecular weight excluding hydrogens is 294 g/mol. The maximum atomic E-state index is 12.6. The molecule has 0 spiro atoms. The van der Waals surface area contributed by atoms with Crippen molar-refractivity contribution in [2.24, 2.45) is 7.05 Å². The first-order valence-corrected chi connectivity index (χ1v) is 8.31. The van der Waals surface area contributed by atoms with Gasteiger partial charge in [0, 0.05) is 13.5 Å². The van der Waals surface area contributed by atoms with Gasteiger partial charge in [0.05, 0.1) is 11.4 Å². The number of nitrogens with zero attached hydrogens (tertiary/aromatic N) is 4. The van der Waals surface area contributed by atoms with Crippen molar-refractivity contribution < 1.29 is 12.9 Å². The molecule has 21 heavy (non-hydrogen) atoms. The first-order chi connectivity index (χ1) is 9.92. The summed E-state index contributed by atoms with van der Waals surface area (Å²) >= 11 is 0. The van der Waals surface area contributed by atoms with E-state index in [9.17, 15) is 8.42 Å². The summed E-state index contributed by atoms with van der Waals surface area (Å²) in [6.45, 7) is 5.60. The van der Waals surface area contributed by atoms with Crippen LogP contribution in [0.25, 0.3) is 0 Å². The molecule has 1 N–H and O–H groups in total. The molecule has 0 atom stereocenters. The monoisotopic (exact) mass is 313 g/mol. The number of hydrogen-bond acceptors (Lipinski definition) is 6. The number of aromatic nitrogens is 4. The molecular formula is C12H19N5O3S. The van der Waals surface area contributed by atoms with Gasteiger partial charge in [-0.25, -0.2) is 13.1 Å². The van der Waals surface area contributed by atoms with Crippen LogP contribution in [-0.2, 0) is 36.3 Å². The summed E-state index contributed by atoms with van der Waals surface area (Å²) in [6, 6.07) is 0. The summed E-state index contributed by atoms with van der Waals surface area (Å²) in [4.78, 5) is 4.17. The number of hydrogen-bond donors (Lipinski definition) is 1. The molecule has 2 aromatic heterocycles. The van der Waals surface area contributed by atoms with Gasteiger partial charge in [-0.05, 0) is 18.0 Å². The van der Waals surface area contributed by atoms with E-state index in [0.29, 0.717) is 36.5 Å². The van der Waals surface area contributed by atoms with Crippen molar-refractivity contribution in [2.45, 2.75) is 44.9 Å². The highest BCUT2D eigenvalue weighted by molar-refractivity contribution is 7.92. The molecule has 0 unspecified atom stereocenters. The van der Waals surface area contributed by atoms with E-state index in [4.69, 9.17) is 4.52 Å². The average Bonchev–Trinajstić information content (AvgIpc) is 3.01. The fourth-order valence-corrected chi connectivity index (χ4v) is 3.65. The third-order valence-corrected chi connectivity index (χ3v) is 4.58. The van der Waals surface area contributed by atoms with E-state index in [-0.39, 0.29) is 10.8 Å². The van der Waals surface area contributed by atoms with Crippen molar-refractivity contribution in [1.82, 2.24) is 19.9 Å². The van der Waals surface area contributed by atoms with Crippen LogP contribution >= 0.6 is 0 Å². The predicted octanol–water partition coefficient (Wildman–Crippen LogP) is 1.29. The van der Waals surface area contributed by atoms with Crippen LogP contribution in [0, 0.1) is 0 Å². The van der Waals surface area contributed by atoms with Crippen molar-refractivity contribution in [3.63, 3.8) is 0 Å². The molecule has 0 aliphatic rings. The van der Waals surface area contributed by atoms with Crippen molar-refractivity contribution in [3.05, 3.63) is 17.3 Å². The molecule has 0 aliphatic heterocycles. The second kappa shape index (κ2) is 5.84. The zero-order valence-electron chi connectivity index (χ0n) is 12.5. The Hall–Kier alpha value is -1.90. The first kappa shape index (κ1) is 15.5. The van der Waals surface area contributed by atoms with Gasteiger partial charge in [-0.2, -0.15) is 10.1 Å². The Balaban J connectivity index is 2.43. The SMILES string of the molecule is CCc1nc(NS(=O)(=O)c2c(CC)nn(C)c2CC)no1. The van der Waals surface area contributed by atoms with Crippen molar-refractivity contribution in [3.8, 4) is 0 Å². The van der Waals surface area contributed by atoms with E-state index in [1.54, 1.807) is 11.7 Å². The van der Waals surface area contributed by atoms with E-state index in [1.807, 2.05) is 20.8 Å².